The maximum atomic E-state index is 11.8. The number of aryl methyl sites for hydroxylation is 3. The molecule has 2 rings (SSSR count). The van der Waals surface area contributed by atoms with Crippen molar-refractivity contribution in [2.24, 2.45) is 0 Å². The molecule has 0 aliphatic heterocycles. The molecule has 0 aliphatic rings. The number of carbonyl (C=O) groups excluding carboxylic acids is 1. The zero-order chi connectivity index (χ0) is 16.4. The van der Waals surface area contributed by atoms with Crippen molar-refractivity contribution < 1.29 is 13.9 Å². The van der Waals surface area contributed by atoms with Crippen molar-refractivity contribution in [3.8, 4) is 5.75 Å². The number of ether oxygens (including phenoxy) is 1. The molecule has 1 aromatic heterocycles. The highest BCUT2D eigenvalue weighted by atomic mass is 16.5. The van der Waals surface area contributed by atoms with Gasteiger partial charge in [-0.15, -0.1) is 0 Å². The minimum Gasteiger partial charge on any atom is -0.496 e. The third-order valence-corrected chi connectivity index (χ3v) is 3.97. The Bertz CT molecular complexity index is 754. The van der Waals surface area contributed by atoms with Crippen LogP contribution >= 0.6 is 0 Å². The quantitative estimate of drug-likeness (QED) is 0.871. The summed E-state index contributed by atoms with van der Waals surface area (Å²) in [4.78, 5) is 11.8. The summed E-state index contributed by atoms with van der Waals surface area (Å²) in [5.41, 5.74) is 4.71. The number of hydrogen-bond acceptors (Lipinski definition) is 3. The van der Waals surface area contributed by atoms with Gasteiger partial charge in [0, 0.05) is 29.1 Å². The van der Waals surface area contributed by atoms with E-state index >= 15 is 0 Å². The topological polar surface area (TPSA) is 51.5 Å². The fraction of sp³-hybridized carbons (Fsp3) is 0.389. The van der Waals surface area contributed by atoms with Crippen LogP contribution in [-0.2, 0) is 4.79 Å². The fourth-order valence-electron chi connectivity index (χ4n) is 2.67. The van der Waals surface area contributed by atoms with E-state index in [9.17, 15) is 4.79 Å². The first-order chi connectivity index (χ1) is 10.4. The number of hydrogen-bond donors (Lipinski definition) is 1. The van der Waals surface area contributed by atoms with Crippen LogP contribution in [0.25, 0.3) is 16.5 Å². The Labute approximate surface area is 131 Å². The Balaban J connectivity index is 2.67. The van der Waals surface area contributed by atoms with Gasteiger partial charge in [0.25, 0.3) is 0 Å². The maximum absolute atomic E-state index is 11.8. The molecule has 0 bridgehead atoms. The average Bonchev–Trinajstić information content (AvgIpc) is 2.75. The maximum Gasteiger partial charge on any atom is 0.244 e. The van der Waals surface area contributed by atoms with Crippen LogP contribution in [0.3, 0.4) is 0 Å². The van der Waals surface area contributed by atoms with Crippen LogP contribution in [0.2, 0.25) is 0 Å². The molecule has 0 spiro atoms. The molecule has 4 heteroatoms. The van der Waals surface area contributed by atoms with E-state index in [0.717, 1.165) is 44.7 Å². The van der Waals surface area contributed by atoms with Gasteiger partial charge < -0.3 is 14.5 Å². The van der Waals surface area contributed by atoms with Crippen molar-refractivity contribution in [2.75, 3.05) is 13.7 Å². The van der Waals surface area contributed by atoms with Gasteiger partial charge in [-0.25, -0.2) is 0 Å². The molecule has 1 N–H and O–H groups in total. The number of carbonyl (C=O) groups is 1. The molecule has 0 saturated carbocycles. The van der Waals surface area contributed by atoms with E-state index in [4.69, 9.17) is 9.15 Å². The second kappa shape index (κ2) is 6.26. The van der Waals surface area contributed by atoms with Crippen LogP contribution in [0.15, 0.2) is 16.6 Å². The highest BCUT2D eigenvalue weighted by molar-refractivity contribution is 5.98. The van der Waals surface area contributed by atoms with Gasteiger partial charge in [0.1, 0.15) is 17.1 Å². The summed E-state index contributed by atoms with van der Waals surface area (Å²) < 4.78 is 11.4. The standard InChI is InChI=1S/C18H23NO3/c1-7-19-16(20)8-10(2)14-9-15-11(3)13(5)22-18(15)12(4)17(14)21-6/h8-9H,7H2,1-6H3,(H,19,20)/b10-8+. The van der Waals surface area contributed by atoms with E-state index in [1.54, 1.807) is 13.2 Å². The smallest absolute Gasteiger partial charge is 0.244 e. The monoisotopic (exact) mass is 301 g/mol. The predicted molar refractivity (Wildman–Crippen MR) is 89.3 cm³/mol. The third-order valence-electron chi connectivity index (χ3n) is 3.97. The first-order valence-electron chi connectivity index (χ1n) is 7.44. The summed E-state index contributed by atoms with van der Waals surface area (Å²) in [6.45, 7) is 10.4. The molecule has 0 saturated heterocycles. The molecule has 1 heterocycles. The second-order valence-corrected chi connectivity index (χ2v) is 5.46. The Morgan fingerprint density at radius 3 is 2.59 bits per heavy atom. The number of allylic oxidation sites excluding steroid dienone is 1. The SMILES string of the molecule is CCNC(=O)/C=C(\C)c1cc2c(C)c(C)oc2c(C)c1OC. The lowest BCUT2D eigenvalue weighted by Crippen LogP contribution is -2.20. The number of methoxy groups -OCH3 is 1. The molecule has 1 aromatic carbocycles. The molecule has 0 radical (unpaired) electrons. The highest BCUT2D eigenvalue weighted by Gasteiger charge is 2.18. The number of likely N-dealkylation sites (N-methyl/N-ethyl adjacent to an activating group) is 1. The molecule has 0 fully saturated rings. The molecular formula is C18H23NO3. The summed E-state index contributed by atoms with van der Waals surface area (Å²) in [5, 5.41) is 3.84. The van der Waals surface area contributed by atoms with E-state index in [-0.39, 0.29) is 5.91 Å². The second-order valence-electron chi connectivity index (χ2n) is 5.46. The van der Waals surface area contributed by atoms with Crippen LogP contribution in [0, 0.1) is 20.8 Å². The molecule has 118 valence electrons. The van der Waals surface area contributed by atoms with Crippen LogP contribution in [0.4, 0.5) is 0 Å². The Hall–Kier alpha value is -2.23. The summed E-state index contributed by atoms with van der Waals surface area (Å²) >= 11 is 0. The van der Waals surface area contributed by atoms with Crippen LogP contribution in [-0.4, -0.2) is 19.6 Å². The highest BCUT2D eigenvalue weighted by Crippen LogP contribution is 2.38. The van der Waals surface area contributed by atoms with Crippen LogP contribution in [0.1, 0.15) is 36.3 Å². The lowest BCUT2D eigenvalue weighted by atomic mass is 9.98. The molecule has 0 aliphatic carbocycles. The van der Waals surface area contributed by atoms with Gasteiger partial charge in [-0.2, -0.15) is 0 Å². The summed E-state index contributed by atoms with van der Waals surface area (Å²) in [6, 6.07) is 2.04. The lowest BCUT2D eigenvalue weighted by molar-refractivity contribution is -0.116. The molecule has 0 unspecified atom stereocenters. The Kier molecular flexibility index (Phi) is 4.59. The molecule has 0 atom stereocenters. The first-order valence-corrected chi connectivity index (χ1v) is 7.44. The number of fused-ring (bicyclic) bond motifs is 1. The summed E-state index contributed by atoms with van der Waals surface area (Å²) in [5.74, 6) is 1.56. The van der Waals surface area contributed by atoms with Crippen molar-refractivity contribution in [3.63, 3.8) is 0 Å². The van der Waals surface area contributed by atoms with Crippen LogP contribution in [0.5, 0.6) is 5.75 Å². The van der Waals surface area contributed by atoms with E-state index in [1.807, 2.05) is 40.7 Å². The van der Waals surface area contributed by atoms with E-state index in [2.05, 4.69) is 5.32 Å². The third kappa shape index (κ3) is 2.73. The van der Waals surface area contributed by atoms with Gasteiger partial charge in [0.15, 0.2) is 0 Å². The Morgan fingerprint density at radius 2 is 2.00 bits per heavy atom. The molecule has 4 nitrogen and oxygen atoms in total. The number of furan rings is 1. The molecule has 1 amide bonds. The van der Waals surface area contributed by atoms with Gasteiger partial charge in [0.05, 0.1) is 7.11 Å². The summed E-state index contributed by atoms with van der Waals surface area (Å²) in [7, 11) is 1.64. The molecule has 22 heavy (non-hydrogen) atoms. The fourth-order valence-corrected chi connectivity index (χ4v) is 2.67. The van der Waals surface area contributed by atoms with E-state index in [1.165, 1.54) is 0 Å². The minimum atomic E-state index is -0.0973. The van der Waals surface area contributed by atoms with Crippen molar-refractivity contribution in [3.05, 3.63) is 34.6 Å². The molecular weight excluding hydrogens is 278 g/mol. The average molecular weight is 301 g/mol. The van der Waals surface area contributed by atoms with Crippen molar-refractivity contribution in [2.45, 2.75) is 34.6 Å². The summed E-state index contributed by atoms with van der Waals surface area (Å²) in [6.07, 6.45) is 1.61. The van der Waals surface area contributed by atoms with Gasteiger partial charge in [-0.05, 0) is 51.8 Å². The largest absolute Gasteiger partial charge is 0.496 e. The zero-order valence-corrected chi connectivity index (χ0v) is 14.1. The normalized spacial score (nSPS) is 11.8. The van der Waals surface area contributed by atoms with Crippen molar-refractivity contribution in [1.82, 2.24) is 5.32 Å². The number of nitrogens with one attached hydrogen (secondary N) is 1. The van der Waals surface area contributed by atoms with E-state index < -0.39 is 0 Å². The first kappa shape index (κ1) is 16.1. The zero-order valence-electron chi connectivity index (χ0n) is 14.1. The van der Waals surface area contributed by atoms with Gasteiger partial charge in [-0.3, -0.25) is 4.79 Å². The van der Waals surface area contributed by atoms with Gasteiger partial charge in [-0.1, -0.05) is 0 Å². The molecule has 2 aromatic rings. The number of benzene rings is 1. The van der Waals surface area contributed by atoms with Gasteiger partial charge >= 0.3 is 0 Å². The number of amides is 1. The van der Waals surface area contributed by atoms with Crippen LogP contribution < -0.4 is 10.1 Å². The van der Waals surface area contributed by atoms with Gasteiger partial charge in [0.2, 0.25) is 5.91 Å². The van der Waals surface area contributed by atoms with E-state index in [0.29, 0.717) is 6.54 Å². The van der Waals surface area contributed by atoms with Crippen molar-refractivity contribution in [1.29, 1.82) is 0 Å². The van der Waals surface area contributed by atoms with Crippen molar-refractivity contribution >= 4 is 22.4 Å². The number of rotatable bonds is 4. The predicted octanol–water partition coefficient (Wildman–Crippen LogP) is 3.91. The lowest BCUT2D eigenvalue weighted by Gasteiger charge is -2.13. The minimum absolute atomic E-state index is 0.0973. The Morgan fingerprint density at radius 1 is 1.32 bits per heavy atom.